The van der Waals surface area contributed by atoms with Crippen molar-refractivity contribution in [3.63, 3.8) is 0 Å². The number of ether oxygens (including phenoxy) is 2. The van der Waals surface area contributed by atoms with Crippen LogP contribution in [0.1, 0.15) is 25.8 Å². The molecule has 0 saturated heterocycles. The fourth-order valence-corrected chi connectivity index (χ4v) is 3.01. The van der Waals surface area contributed by atoms with Gasteiger partial charge in [0.05, 0.1) is 30.6 Å². The normalized spacial score (nSPS) is 18.6. The van der Waals surface area contributed by atoms with Crippen LogP contribution in [0.15, 0.2) is 35.7 Å². The summed E-state index contributed by atoms with van der Waals surface area (Å²) in [5, 5.41) is 4.16. The SMILES string of the molecule is CCOC(=O)C1(C)CC(c2cc(-c3cncc(OC)c3)c(F)cc2Cl)=NO1. The molecule has 6 nitrogen and oxygen atoms in total. The maximum absolute atomic E-state index is 14.5. The van der Waals surface area contributed by atoms with Crippen LogP contribution in [0, 0.1) is 5.82 Å². The van der Waals surface area contributed by atoms with Gasteiger partial charge in [-0.1, -0.05) is 16.8 Å². The average Bonchev–Trinajstić information content (AvgIpc) is 3.05. The van der Waals surface area contributed by atoms with Crippen LogP contribution in [0.4, 0.5) is 4.39 Å². The lowest BCUT2D eigenvalue weighted by molar-refractivity contribution is -0.166. The van der Waals surface area contributed by atoms with E-state index in [1.54, 1.807) is 26.0 Å². The second-order valence-corrected chi connectivity index (χ2v) is 6.59. The van der Waals surface area contributed by atoms with Gasteiger partial charge in [-0.3, -0.25) is 4.98 Å². The van der Waals surface area contributed by atoms with Crippen molar-refractivity contribution in [2.24, 2.45) is 5.16 Å². The first-order chi connectivity index (χ1) is 12.9. The number of aromatic nitrogens is 1. The van der Waals surface area contributed by atoms with E-state index in [-0.39, 0.29) is 23.6 Å². The van der Waals surface area contributed by atoms with Crippen molar-refractivity contribution in [2.75, 3.05) is 13.7 Å². The molecule has 1 atom stereocenters. The Kier molecular flexibility index (Phi) is 5.32. The highest BCUT2D eigenvalue weighted by Gasteiger charge is 2.44. The van der Waals surface area contributed by atoms with E-state index in [4.69, 9.17) is 25.9 Å². The van der Waals surface area contributed by atoms with Crippen LogP contribution in [0.3, 0.4) is 0 Å². The monoisotopic (exact) mass is 392 g/mol. The van der Waals surface area contributed by atoms with Gasteiger partial charge in [-0.2, -0.15) is 0 Å². The number of methoxy groups -OCH3 is 1. The number of rotatable bonds is 5. The first kappa shape index (κ1) is 19.1. The first-order valence-corrected chi connectivity index (χ1v) is 8.67. The van der Waals surface area contributed by atoms with Gasteiger partial charge in [0.25, 0.3) is 0 Å². The Hall–Kier alpha value is -2.67. The van der Waals surface area contributed by atoms with Crippen molar-refractivity contribution in [1.82, 2.24) is 4.98 Å². The minimum absolute atomic E-state index is 0.160. The zero-order valence-electron chi connectivity index (χ0n) is 15.1. The van der Waals surface area contributed by atoms with E-state index in [1.165, 1.54) is 25.6 Å². The third-order valence-corrected chi connectivity index (χ3v) is 4.51. The molecule has 142 valence electrons. The van der Waals surface area contributed by atoms with Crippen molar-refractivity contribution in [2.45, 2.75) is 25.9 Å². The number of pyridine rings is 1. The Balaban J connectivity index is 1.97. The quantitative estimate of drug-likeness (QED) is 0.719. The lowest BCUT2D eigenvalue weighted by Gasteiger charge is -2.18. The number of esters is 1. The Morgan fingerprint density at radius 3 is 2.81 bits per heavy atom. The van der Waals surface area contributed by atoms with Crippen molar-refractivity contribution in [3.8, 4) is 16.9 Å². The number of hydrogen-bond acceptors (Lipinski definition) is 6. The number of benzene rings is 1. The lowest BCUT2D eigenvalue weighted by Crippen LogP contribution is -2.37. The summed E-state index contributed by atoms with van der Waals surface area (Å²) in [6.07, 6.45) is 3.21. The number of carbonyl (C=O) groups is 1. The van der Waals surface area contributed by atoms with Gasteiger partial charge in [-0.25, -0.2) is 9.18 Å². The summed E-state index contributed by atoms with van der Waals surface area (Å²) in [4.78, 5) is 21.5. The van der Waals surface area contributed by atoms with Crippen molar-refractivity contribution in [1.29, 1.82) is 0 Å². The number of oxime groups is 1. The Morgan fingerprint density at radius 1 is 1.33 bits per heavy atom. The molecular weight excluding hydrogens is 375 g/mol. The summed E-state index contributed by atoms with van der Waals surface area (Å²) < 4.78 is 24.7. The topological polar surface area (TPSA) is 70.0 Å². The molecule has 27 heavy (non-hydrogen) atoms. The Bertz CT molecular complexity index is 919. The van der Waals surface area contributed by atoms with E-state index in [0.717, 1.165) is 0 Å². The first-order valence-electron chi connectivity index (χ1n) is 8.29. The standard InChI is InChI=1S/C19H18ClFN2O4/c1-4-26-18(24)19(2)8-17(23-27-19)14-6-13(16(21)7-15(14)20)11-5-12(25-3)10-22-9-11/h5-7,9-10H,4,8H2,1-3H3. The van der Waals surface area contributed by atoms with Gasteiger partial charge in [0, 0.05) is 29.3 Å². The molecule has 2 heterocycles. The molecule has 1 unspecified atom stereocenters. The van der Waals surface area contributed by atoms with E-state index in [0.29, 0.717) is 22.6 Å². The molecule has 0 fully saturated rings. The van der Waals surface area contributed by atoms with Crippen LogP contribution in [0.5, 0.6) is 5.75 Å². The third kappa shape index (κ3) is 3.73. The summed E-state index contributed by atoms with van der Waals surface area (Å²) >= 11 is 6.23. The van der Waals surface area contributed by atoms with Gasteiger partial charge >= 0.3 is 5.97 Å². The largest absolute Gasteiger partial charge is 0.495 e. The van der Waals surface area contributed by atoms with E-state index >= 15 is 0 Å². The molecule has 8 heteroatoms. The van der Waals surface area contributed by atoms with Crippen LogP contribution in [-0.4, -0.2) is 36.0 Å². The van der Waals surface area contributed by atoms with Gasteiger partial charge in [0.15, 0.2) is 0 Å². The molecule has 0 saturated carbocycles. The highest BCUT2D eigenvalue weighted by atomic mass is 35.5. The van der Waals surface area contributed by atoms with E-state index in [1.807, 2.05) is 0 Å². The minimum Gasteiger partial charge on any atom is -0.495 e. The summed E-state index contributed by atoms with van der Waals surface area (Å²) in [7, 11) is 1.51. The van der Waals surface area contributed by atoms with Crippen molar-refractivity contribution < 1.29 is 23.5 Å². The fourth-order valence-electron chi connectivity index (χ4n) is 2.75. The summed E-state index contributed by atoms with van der Waals surface area (Å²) in [5.74, 6) is -0.523. The Labute approximate surface area is 160 Å². The molecule has 0 bridgehead atoms. The van der Waals surface area contributed by atoms with Crippen LogP contribution in [0.25, 0.3) is 11.1 Å². The van der Waals surface area contributed by atoms with Gasteiger partial charge in [-0.05, 0) is 32.0 Å². The highest BCUT2D eigenvalue weighted by molar-refractivity contribution is 6.34. The number of nitrogens with zero attached hydrogens (tertiary/aromatic N) is 2. The highest BCUT2D eigenvalue weighted by Crippen LogP contribution is 2.34. The second kappa shape index (κ2) is 7.52. The summed E-state index contributed by atoms with van der Waals surface area (Å²) in [5.41, 5.74) is 0.489. The predicted molar refractivity (Wildman–Crippen MR) is 98.5 cm³/mol. The smallest absolute Gasteiger partial charge is 0.353 e. The van der Waals surface area contributed by atoms with Crippen LogP contribution in [0.2, 0.25) is 5.02 Å². The maximum Gasteiger partial charge on any atom is 0.353 e. The van der Waals surface area contributed by atoms with Gasteiger partial charge in [0.1, 0.15) is 11.6 Å². The molecule has 0 amide bonds. The molecule has 2 aromatic rings. The molecule has 1 aliphatic heterocycles. The predicted octanol–water partition coefficient (Wildman–Crippen LogP) is 4.00. The van der Waals surface area contributed by atoms with E-state index < -0.39 is 17.4 Å². The molecular formula is C19H18ClFN2O4. The molecule has 3 rings (SSSR count). The molecule has 0 spiro atoms. The molecule has 1 aliphatic rings. The van der Waals surface area contributed by atoms with Crippen molar-refractivity contribution >= 4 is 23.3 Å². The summed E-state index contributed by atoms with van der Waals surface area (Å²) in [6, 6.07) is 4.43. The lowest BCUT2D eigenvalue weighted by atomic mass is 9.94. The zero-order chi connectivity index (χ0) is 19.6. The molecule has 0 aliphatic carbocycles. The zero-order valence-corrected chi connectivity index (χ0v) is 15.8. The Morgan fingerprint density at radius 2 is 2.11 bits per heavy atom. The van der Waals surface area contributed by atoms with Gasteiger partial charge < -0.3 is 14.3 Å². The molecule has 1 aromatic carbocycles. The third-order valence-electron chi connectivity index (χ3n) is 4.20. The molecule has 0 radical (unpaired) electrons. The number of carbonyl (C=O) groups excluding carboxylic acids is 1. The number of halogens is 2. The average molecular weight is 393 g/mol. The number of hydrogen-bond donors (Lipinski definition) is 0. The van der Waals surface area contributed by atoms with Gasteiger partial charge in [-0.15, -0.1) is 0 Å². The molecule has 0 N–H and O–H groups in total. The fraction of sp³-hybridized carbons (Fsp3) is 0.316. The second-order valence-electron chi connectivity index (χ2n) is 6.18. The van der Waals surface area contributed by atoms with E-state index in [9.17, 15) is 9.18 Å². The summed E-state index contributed by atoms with van der Waals surface area (Å²) in [6.45, 7) is 3.53. The van der Waals surface area contributed by atoms with Crippen LogP contribution >= 0.6 is 11.6 Å². The van der Waals surface area contributed by atoms with E-state index in [2.05, 4.69) is 10.1 Å². The molecule has 1 aromatic heterocycles. The van der Waals surface area contributed by atoms with Crippen molar-refractivity contribution in [3.05, 3.63) is 47.0 Å². The maximum atomic E-state index is 14.5. The van der Waals surface area contributed by atoms with Gasteiger partial charge in [0.2, 0.25) is 5.60 Å². The van der Waals surface area contributed by atoms with Crippen LogP contribution in [-0.2, 0) is 14.4 Å². The minimum atomic E-state index is -1.24. The van der Waals surface area contributed by atoms with Crippen LogP contribution < -0.4 is 4.74 Å².